The van der Waals surface area contributed by atoms with Gasteiger partial charge < -0.3 is 9.42 Å². The predicted molar refractivity (Wildman–Crippen MR) is 103 cm³/mol. The van der Waals surface area contributed by atoms with Crippen LogP contribution in [0.1, 0.15) is 36.3 Å². The molecule has 0 aliphatic carbocycles. The number of benzene rings is 2. The highest BCUT2D eigenvalue weighted by atomic mass is 35.5. The molecule has 5 nitrogen and oxygen atoms in total. The van der Waals surface area contributed by atoms with Crippen LogP contribution in [-0.2, 0) is 17.8 Å². The summed E-state index contributed by atoms with van der Waals surface area (Å²) in [6.07, 6.45) is 1.38. The number of hydrogen-bond donors (Lipinski definition) is 0. The van der Waals surface area contributed by atoms with Gasteiger partial charge in [0.25, 0.3) is 0 Å². The van der Waals surface area contributed by atoms with Crippen LogP contribution in [-0.4, -0.2) is 27.5 Å². The first kappa shape index (κ1) is 17.7. The van der Waals surface area contributed by atoms with Crippen LogP contribution in [0.4, 0.5) is 0 Å². The van der Waals surface area contributed by atoms with Gasteiger partial charge in [0.05, 0.1) is 5.92 Å². The molecule has 2 heterocycles. The Morgan fingerprint density at radius 1 is 1.19 bits per heavy atom. The minimum absolute atomic E-state index is 0.0761. The molecule has 1 atom stereocenters. The average molecular weight is 382 g/mol. The largest absolute Gasteiger partial charge is 0.339 e. The summed E-state index contributed by atoms with van der Waals surface area (Å²) in [6.45, 7) is 3.23. The molecule has 6 heteroatoms. The molecule has 0 N–H and O–H groups in total. The van der Waals surface area contributed by atoms with E-state index in [9.17, 15) is 4.79 Å². The highest BCUT2D eigenvalue weighted by Gasteiger charge is 2.34. The molecule has 1 amide bonds. The Morgan fingerprint density at radius 3 is 2.74 bits per heavy atom. The van der Waals surface area contributed by atoms with Crippen molar-refractivity contribution in [3.63, 3.8) is 0 Å². The van der Waals surface area contributed by atoms with Crippen molar-refractivity contribution in [1.82, 2.24) is 15.0 Å². The van der Waals surface area contributed by atoms with Crippen molar-refractivity contribution in [2.24, 2.45) is 0 Å². The third-order valence-electron chi connectivity index (χ3n) is 4.89. The van der Waals surface area contributed by atoms with Gasteiger partial charge in [-0.1, -0.05) is 60.1 Å². The number of carbonyl (C=O) groups is 1. The van der Waals surface area contributed by atoms with Crippen molar-refractivity contribution in [2.45, 2.75) is 32.2 Å². The molecule has 1 fully saturated rings. The van der Waals surface area contributed by atoms with E-state index >= 15 is 0 Å². The lowest BCUT2D eigenvalue weighted by Crippen LogP contribution is -2.24. The first-order valence-electron chi connectivity index (χ1n) is 9.07. The summed E-state index contributed by atoms with van der Waals surface area (Å²) in [5.74, 6) is 1.10. The van der Waals surface area contributed by atoms with Crippen LogP contribution in [0, 0.1) is 0 Å². The molecule has 0 bridgehead atoms. The van der Waals surface area contributed by atoms with Crippen molar-refractivity contribution in [2.75, 3.05) is 6.54 Å². The van der Waals surface area contributed by atoms with Gasteiger partial charge in [-0.05, 0) is 29.7 Å². The Hall–Kier alpha value is -2.66. The molecule has 27 heavy (non-hydrogen) atoms. The second kappa shape index (κ2) is 7.53. The quantitative estimate of drug-likeness (QED) is 0.654. The predicted octanol–water partition coefficient (Wildman–Crippen LogP) is 4.47. The van der Waals surface area contributed by atoms with E-state index < -0.39 is 0 Å². The maximum atomic E-state index is 12.4. The van der Waals surface area contributed by atoms with Gasteiger partial charge in [-0.25, -0.2) is 0 Å². The van der Waals surface area contributed by atoms with Gasteiger partial charge in [-0.2, -0.15) is 4.98 Å². The molecule has 4 rings (SSSR count). The van der Waals surface area contributed by atoms with E-state index in [-0.39, 0.29) is 11.8 Å². The zero-order chi connectivity index (χ0) is 18.8. The molecule has 1 saturated heterocycles. The van der Waals surface area contributed by atoms with Gasteiger partial charge in [0.1, 0.15) is 0 Å². The molecule has 3 aromatic rings. The number of hydrogen-bond acceptors (Lipinski definition) is 4. The lowest BCUT2D eigenvalue weighted by atomic mass is 10.1. The normalized spacial score (nSPS) is 16.9. The molecular formula is C21H20ClN3O2. The van der Waals surface area contributed by atoms with E-state index in [1.54, 1.807) is 0 Å². The first-order valence-corrected chi connectivity index (χ1v) is 9.45. The van der Waals surface area contributed by atoms with Crippen molar-refractivity contribution < 1.29 is 9.32 Å². The van der Waals surface area contributed by atoms with E-state index in [4.69, 9.17) is 16.1 Å². The highest BCUT2D eigenvalue weighted by Crippen LogP contribution is 2.30. The maximum Gasteiger partial charge on any atom is 0.232 e. The Labute approximate surface area is 163 Å². The molecule has 138 valence electrons. The van der Waals surface area contributed by atoms with Gasteiger partial charge in [0.15, 0.2) is 0 Å². The van der Waals surface area contributed by atoms with Gasteiger partial charge in [0, 0.05) is 30.1 Å². The van der Waals surface area contributed by atoms with Crippen molar-refractivity contribution in [3.8, 4) is 11.4 Å². The lowest BCUT2D eigenvalue weighted by Gasteiger charge is -2.16. The SMILES string of the molecule is CCc1ccc(-c2noc(C3CC(=O)N(Cc4cccc(Cl)c4)C3)n2)cc1. The molecule has 1 aliphatic heterocycles. The summed E-state index contributed by atoms with van der Waals surface area (Å²) in [5.41, 5.74) is 3.20. The third-order valence-corrected chi connectivity index (χ3v) is 5.12. The number of aryl methyl sites for hydroxylation is 1. The molecular weight excluding hydrogens is 362 g/mol. The van der Waals surface area contributed by atoms with E-state index in [1.807, 2.05) is 41.3 Å². The fraction of sp³-hybridized carbons (Fsp3) is 0.286. The number of carbonyl (C=O) groups excluding carboxylic acids is 1. The Morgan fingerprint density at radius 2 is 2.00 bits per heavy atom. The molecule has 1 unspecified atom stereocenters. The van der Waals surface area contributed by atoms with Crippen LogP contribution >= 0.6 is 11.6 Å². The van der Waals surface area contributed by atoms with E-state index in [1.165, 1.54) is 5.56 Å². The molecule has 0 spiro atoms. The van der Waals surface area contributed by atoms with E-state index in [0.29, 0.717) is 36.2 Å². The van der Waals surface area contributed by atoms with Crippen LogP contribution < -0.4 is 0 Å². The van der Waals surface area contributed by atoms with Gasteiger partial charge in [-0.3, -0.25) is 4.79 Å². The van der Waals surface area contributed by atoms with Gasteiger partial charge >= 0.3 is 0 Å². The Kier molecular flexibility index (Phi) is 4.94. The number of rotatable bonds is 5. The fourth-order valence-electron chi connectivity index (χ4n) is 3.35. The molecule has 0 radical (unpaired) electrons. The molecule has 0 saturated carbocycles. The second-order valence-corrected chi connectivity index (χ2v) is 7.25. The van der Waals surface area contributed by atoms with Crippen molar-refractivity contribution in [1.29, 1.82) is 0 Å². The van der Waals surface area contributed by atoms with Gasteiger partial charge in [-0.15, -0.1) is 0 Å². The standard InChI is InChI=1S/C21H20ClN3O2/c1-2-14-6-8-16(9-7-14)20-23-21(27-24-20)17-11-19(26)25(13-17)12-15-4-3-5-18(22)10-15/h3-10,17H,2,11-13H2,1H3. The number of halogens is 1. The zero-order valence-corrected chi connectivity index (χ0v) is 15.8. The Bertz CT molecular complexity index is 952. The average Bonchev–Trinajstić information content (AvgIpc) is 3.29. The second-order valence-electron chi connectivity index (χ2n) is 6.81. The number of likely N-dealkylation sites (tertiary alicyclic amines) is 1. The topological polar surface area (TPSA) is 59.2 Å². The molecule has 2 aromatic carbocycles. The van der Waals surface area contributed by atoms with Crippen LogP contribution in [0.15, 0.2) is 53.1 Å². The summed E-state index contributed by atoms with van der Waals surface area (Å²) in [6, 6.07) is 15.7. The van der Waals surface area contributed by atoms with E-state index in [0.717, 1.165) is 17.5 Å². The van der Waals surface area contributed by atoms with Crippen LogP contribution in [0.5, 0.6) is 0 Å². The smallest absolute Gasteiger partial charge is 0.232 e. The molecule has 1 aromatic heterocycles. The number of amides is 1. The maximum absolute atomic E-state index is 12.4. The van der Waals surface area contributed by atoms with Crippen LogP contribution in [0.3, 0.4) is 0 Å². The van der Waals surface area contributed by atoms with Crippen molar-refractivity contribution in [3.05, 3.63) is 70.6 Å². The van der Waals surface area contributed by atoms with Gasteiger partial charge in [0.2, 0.25) is 17.6 Å². The number of nitrogens with zero attached hydrogens (tertiary/aromatic N) is 3. The zero-order valence-electron chi connectivity index (χ0n) is 15.1. The summed E-state index contributed by atoms with van der Waals surface area (Å²) in [4.78, 5) is 18.7. The first-order chi connectivity index (χ1) is 13.1. The molecule has 1 aliphatic rings. The van der Waals surface area contributed by atoms with Crippen molar-refractivity contribution >= 4 is 17.5 Å². The summed E-state index contributed by atoms with van der Waals surface area (Å²) < 4.78 is 5.46. The van der Waals surface area contributed by atoms with Crippen LogP contribution in [0.2, 0.25) is 5.02 Å². The number of aromatic nitrogens is 2. The highest BCUT2D eigenvalue weighted by molar-refractivity contribution is 6.30. The monoisotopic (exact) mass is 381 g/mol. The summed E-state index contributed by atoms with van der Waals surface area (Å²) in [5, 5.41) is 4.77. The van der Waals surface area contributed by atoms with Crippen LogP contribution in [0.25, 0.3) is 11.4 Å². The minimum atomic E-state index is -0.0761. The minimum Gasteiger partial charge on any atom is -0.339 e. The Balaban J connectivity index is 1.46. The summed E-state index contributed by atoms with van der Waals surface area (Å²) in [7, 11) is 0. The fourth-order valence-corrected chi connectivity index (χ4v) is 3.57. The lowest BCUT2D eigenvalue weighted by molar-refractivity contribution is -0.128. The third kappa shape index (κ3) is 3.88. The van der Waals surface area contributed by atoms with E-state index in [2.05, 4.69) is 29.2 Å². The summed E-state index contributed by atoms with van der Waals surface area (Å²) >= 11 is 6.03.